The zero-order valence-corrected chi connectivity index (χ0v) is 22.1. The van der Waals surface area contributed by atoms with Crippen molar-refractivity contribution in [2.24, 2.45) is 0 Å². The van der Waals surface area contributed by atoms with Crippen LogP contribution in [0.25, 0.3) is 23.3 Å². The number of hydrogen-bond donors (Lipinski definition) is 1. The highest BCUT2D eigenvalue weighted by atomic mass is 16.4. The number of nitrogens with zero attached hydrogens (tertiary/aromatic N) is 3. The lowest BCUT2D eigenvalue weighted by atomic mass is 9.76. The first-order valence-electron chi connectivity index (χ1n) is 13.2. The highest BCUT2D eigenvalue weighted by Gasteiger charge is 2.39. The van der Waals surface area contributed by atoms with Crippen molar-refractivity contribution < 1.29 is 4.42 Å². The van der Waals surface area contributed by atoms with Crippen molar-refractivity contribution in [3.63, 3.8) is 0 Å². The minimum absolute atomic E-state index is 0.544. The summed E-state index contributed by atoms with van der Waals surface area (Å²) in [4.78, 5) is 9.37. The van der Waals surface area contributed by atoms with Crippen LogP contribution in [0.2, 0.25) is 0 Å². The van der Waals surface area contributed by atoms with Crippen LogP contribution in [0.1, 0.15) is 40.6 Å². The Morgan fingerprint density at radius 3 is 1.95 bits per heavy atom. The fourth-order valence-corrected chi connectivity index (χ4v) is 5.33. The number of hydrogen-bond acceptors (Lipinski definition) is 4. The molecule has 6 rings (SSSR count). The molecule has 1 N–H and O–H groups in total. The van der Waals surface area contributed by atoms with Crippen molar-refractivity contribution in [2.75, 3.05) is 11.9 Å². The summed E-state index contributed by atoms with van der Waals surface area (Å²) >= 11 is 0. The van der Waals surface area contributed by atoms with Gasteiger partial charge in [0.1, 0.15) is 11.1 Å². The molecule has 0 aliphatic rings. The van der Waals surface area contributed by atoms with Crippen LogP contribution in [0.3, 0.4) is 0 Å². The fourth-order valence-electron chi connectivity index (χ4n) is 5.33. The van der Waals surface area contributed by atoms with E-state index in [4.69, 9.17) is 9.40 Å². The maximum absolute atomic E-state index is 5.84. The van der Waals surface area contributed by atoms with E-state index >= 15 is 0 Å². The number of oxazole rings is 1. The summed E-state index contributed by atoms with van der Waals surface area (Å²) in [7, 11) is 0. The molecule has 0 saturated heterocycles. The summed E-state index contributed by atoms with van der Waals surface area (Å²) in [6.07, 6.45) is 6.11. The molecule has 0 fully saturated rings. The third-order valence-corrected chi connectivity index (χ3v) is 7.15. The first kappa shape index (κ1) is 24.4. The predicted octanol–water partition coefficient (Wildman–Crippen LogP) is 7.78. The maximum atomic E-state index is 5.84. The normalized spacial score (nSPS) is 11.8. The number of imidazole rings is 1. The van der Waals surface area contributed by atoms with E-state index in [9.17, 15) is 0 Å². The zero-order chi connectivity index (χ0) is 26.7. The molecule has 0 saturated carbocycles. The summed E-state index contributed by atoms with van der Waals surface area (Å²) in [6, 6.07) is 38.6. The van der Waals surface area contributed by atoms with Crippen LogP contribution in [-0.4, -0.2) is 21.1 Å². The van der Waals surface area contributed by atoms with Crippen LogP contribution >= 0.6 is 0 Å². The Morgan fingerprint density at radius 1 is 0.795 bits per heavy atom. The van der Waals surface area contributed by atoms with Gasteiger partial charge in [0, 0.05) is 12.2 Å². The Morgan fingerprint density at radius 2 is 1.38 bits per heavy atom. The second-order valence-electron chi connectivity index (χ2n) is 9.50. The summed E-state index contributed by atoms with van der Waals surface area (Å²) in [6.45, 7) is 4.92. The Labute approximate surface area is 228 Å². The molecule has 192 valence electrons. The summed E-state index contributed by atoms with van der Waals surface area (Å²) in [5.74, 6) is 0. The molecule has 5 nitrogen and oxygen atoms in total. The molecular weight excluding hydrogens is 480 g/mol. The molecule has 0 aliphatic heterocycles. The molecule has 0 amide bonds. The average Bonchev–Trinajstić information content (AvgIpc) is 3.57. The van der Waals surface area contributed by atoms with Gasteiger partial charge in [-0.1, -0.05) is 103 Å². The molecule has 0 spiro atoms. The number of fused-ring (bicyclic) bond motifs is 1. The van der Waals surface area contributed by atoms with Gasteiger partial charge in [-0.2, -0.15) is 4.98 Å². The average molecular weight is 511 g/mol. The third-order valence-electron chi connectivity index (χ3n) is 7.15. The highest BCUT2D eigenvalue weighted by molar-refractivity contribution is 5.80. The maximum Gasteiger partial charge on any atom is 0.295 e. The summed E-state index contributed by atoms with van der Waals surface area (Å²) in [5.41, 5.74) is 7.52. The van der Waals surface area contributed by atoms with E-state index < -0.39 is 5.54 Å². The lowest BCUT2D eigenvalue weighted by Crippen LogP contribution is -2.38. The lowest BCUT2D eigenvalue weighted by molar-refractivity contribution is 0.503. The van der Waals surface area contributed by atoms with E-state index in [1.807, 2.05) is 31.5 Å². The van der Waals surface area contributed by atoms with Crippen LogP contribution in [0.4, 0.5) is 6.01 Å². The molecule has 6 aromatic rings. The standard InChI is InChI=1S/C34H30N4O/c1-3-35-33-37-31-22-20-26(23-32(31)39-33)19-21-30-25(2)38(24-36-30)34(27-13-7-4-8-14-27,28-15-9-5-10-16-28)29-17-11-6-12-18-29/h4-24H,3H2,1-2H3,(H,35,37)/b21-19-. The van der Waals surface area contributed by atoms with Crippen molar-refractivity contribution in [3.8, 4) is 0 Å². The molecule has 39 heavy (non-hydrogen) atoms. The highest BCUT2D eigenvalue weighted by Crippen LogP contribution is 2.42. The van der Waals surface area contributed by atoms with E-state index in [0.717, 1.165) is 34.6 Å². The monoisotopic (exact) mass is 510 g/mol. The molecule has 4 aromatic carbocycles. The quantitative estimate of drug-likeness (QED) is 0.213. The number of anilines is 1. The first-order valence-corrected chi connectivity index (χ1v) is 13.2. The topological polar surface area (TPSA) is 55.9 Å². The first-order chi connectivity index (χ1) is 19.2. The van der Waals surface area contributed by atoms with Gasteiger partial charge in [-0.05, 0) is 54.3 Å². The Hall–Kier alpha value is -4.90. The minimum atomic E-state index is -0.589. The molecule has 0 bridgehead atoms. The SMILES string of the molecule is CCNc1nc2ccc(/C=C\c3ncn(C(c4ccccc4)(c4ccccc4)c4ccccc4)c3C)cc2o1. The van der Waals surface area contributed by atoms with E-state index in [1.165, 1.54) is 16.7 Å². The van der Waals surface area contributed by atoms with E-state index in [1.54, 1.807) is 0 Å². The van der Waals surface area contributed by atoms with Crippen LogP contribution in [0.5, 0.6) is 0 Å². The summed E-state index contributed by atoms with van der Waals surface area (Å²) < 4.78 is 8.15. The van der Waals surface area contributed by atoms with Crippen LogP contribution in [0, 0.1) is 6.92 Å². The number of aromatic nitrogens is 3. The van der Waals surface area contributed by atoms with E-state index in [2.05, 4.69) is 125 Å². The smallest absolute Gasteiger partial charge is 0.295 e. The van der Waals surface area contributed by atoms with Crippen LogP contribution in [0.15, 0.2) is 120 Å². The number of benzene rings is 4. The number of rotatable bonds is 8. The van der Waals surface area contributed by atoms with Crippen molar-refractivity contribution in [1.29, 1.82) is 0 Å². The molecule has 0 unspecified atom stereocenters. The lowest BCUT2D eigenvalue weighted by Gasteiger charge is -2.38. The zero-order valence-electron chi connectivity index (χ0n) is 22.1. The largest absolute Gasteiger partial charge is 0.424 e. The van der Waals surface area contributed by atoms with Gasteiger partial charge in [0.15, 0.2) is 5.58 Å². The molecule has 2 heterocycles. The molecule has 0 aliphatic carbocycles. The molecular formula is C34H30N4O. The van der Waals surface area contributed by atoms with Gasteiger partial charge >= 0.3 is 0 Å². The minimum Gasteiger partial charge on any atom is -0.424 e. The Bertz CT molecular complexity index is 1620. The second kappa shape index (κ2) is 10.5. The Kier molecular flexibility index (Phi) is 6.55. The third kappa shape index (κ3) is 4.42. The molecule has 5 heteroatoms. The molecule has 0 radical (unpaired) electrons. The van der Waals surface area contributed by atoms with Crippen LogP contribution in [-0.2, 0) is 5.54 Å². The van der Waals surface area contributed by atoms with Gasteiger partial charge in [0.2, 0.25) is 0 Å². The van der Waals surface area contributed by atoms with Crippen molar-refractivity contribution in [3.05, 3.63) is 149 Å². The second-order valence-corrected chi connectivity index (χ2v) is 9.50. The van der Waals surface area contributed by atoms with Crippen molar-refractivity contribution in [2.45, 2.75) is 19.4 Å². The van der Waals surface area contributed by atoms with Crippen LogP contribution < -0.4 is 5.32 Å². The summed E-state index contributed by atoms with van der Waals surface area (Å²) in [5, 5.41) is 3.13. The van der Waals surface area contributed by atoms with Gasteiger partial charge in [-0.25, -0.2) is 4.98 Å². The predicted molar refractivity (Wildman–Crippen MR) is 159 cm³/mol. The molecule has 0 atom stereocenters. The van der Waals surface area contributed by atoms with E-state index in [-0.39, 0.29) is 0 Å². The van der Waals surface area contributed by atoms with Gasteiger partial charge in [0.25, 0.3) is 6.01 Å². The van der Waals surface area contributed by atoms with Gasteiger partial charge < -0.3 is 14.3 Å². The van der Waals surface area contributed by atoms with Crippen molar-refractivity contribution in [1.82, 2.24) is 14.5 Å². The fraction of sp³-hybridized carbons (Fsp3) is 0.118. The van der Waals surface area contributed by atoms with Gasteiger partial charge in [-0.15, -0.1) is 0 Å². The Balaban J connectivity index is 1.47. The number of nitrogens with one attached hydrogen (secondary N) is 1. The van der Waals surface area contributed by atoms with Gasteiger partial charge in [0.05, 0.1) is 12.0 Å². The van der Waals surface area contributed by atoms with Gasteiger partial charge in [-0.3, -0.25) is 0 Å². The van der Waals surface area contributed by atoms with E-state index in [0.29, 0.717) is 6.01 Å². The molecule has 2 aromatic heterocycles. The van der Waals surface area contributed by atoms with Crippen molar-refractivity contribution >= 4 is 29.3 Å².